The monoisotopic (exact) mass is 475 g/mol. The predicted octanol–water partition coefficient (Wildman–Crippen LogP) is 4.56. The highest BCUT2D eigenvalue weighted by Crippen LogP contribution is 2.33. The molecule has 1 aliphatic rings. The Morgan fingerprint density at radius 1 is 1.03 bits per heavy atom. The first-order chi connectivity index (χ1) is 17.2. The van der Waals surface area contributed by atoms with Crippen LogP contribution in [0.4, 0.5) is 0 Å². The number of carbonyl (C=O) groups excluding carboxylic acids is 1. The number of imidazole rings is 1. The third kappa shape index (κ3) is 4.84. The van der Waals surface area contributed by atoms with Crippen LogP contribution in [-0.4, -0.2) is 57.8 Å². The second-order valence-corrected chi connectivity index (χ2v) is 8.68. The van der Waals surface area contributed by atoms with Crippen LogP contribution in [0.15, 0.2) is 47.2 Å². The van der Waals surface area contributed by atoms with Gasteiger partial charge in [-0.1, -0.05) is 18.0 Å². The molecule has 4 aromatic rings. The smallest absolute Gasteiger partial charge is 0.262 e. The fourth-order valence-electron chi connectivity index (χ4n) is 4.50. The number of carbonyl (C=O) groups is 1. The van der Waals surface area contributed by atoms with E-state index < -0.39 is 0 Å². The van der Waals surface area contributed by atoms with Crippen molar-refractivity contribution in [3.05, 3.63) is 42.7 Å². The van der Waals surface area contributed by atoms with Crippen molar-refractivity contribution < 1.29 is 18.8 Å². The van der Waals surface area contributed by atoms with Crippen LogP contribution >= 0.6 is 0 Å². The number of hydrogen-bond acceptors (Lipinski definition) is 7. The first kappa shape index (κ1) is 22.9. The van der Waals surface area contributed by atoms with E-state index in [1.165, 1.54) is 12.8 Å². The molecule has 9 nitrogen and oxygen atoms in total. The first-order valence-corrected chi connectivity index (χ1v) is 12.0. The summed E-state index contributed by atoms with van der Waals surface area (Å²) in [5, 5.41) is 4.16. The number of nitrogens with zero attached hydrogens (tertiary/aromatic N) is 5. The Hall–Kier alpha value is -3.88. The maximum absolute atomic E-state index is 12.7. The first-order valence-electron chi connectivity index (χ1n) is 12.0. The molecular formula is C26H29N5O4. The molecule has 35 heavy (non-hydrogen) atoms. The number of fused-ring (bicyclic) bond motifs is 1. The van der Waals surface area contributed by atoms with E-state index in [1.54, 1.807) is 26.6 Å². The highest BCUT2D eigenvalue weighted by molar-refractivity contribution is 5.81. The minimum atomic E-state index is 0.221. The highest BCUT2D eigenvalue weighted by atomic mass is 16.5. The van der Waals surface area contributed by atoms with Gasteiger partial charge in [-0.25, -0.2) is 4.98 Å². The lowest BCUT2D eigenvalue weighted by atomic mass is 10.1. The van der Waals surface area contributed by atoms with Gasteiger partial charge < -0.3 is 23.5 Å². The molecule has 1 amide bonds. The van der Waals surface area contributed by atoms with Gasteiger partial charge in [-0.2, -0.15) is 4.98 Å². The molecule has 0 saturated carbocycles. The van der Waals surface area contributed by atoms with Crippen molar-refractivity contribution >= 4 is 16.9 Å². The molecule has 0 bridgehead atoms. The Kier molecular flexibility index (Phi) is 6.65. The van der Waals surface area contributed by atoms with Crippen molar-refractivity contribution in [3.8, 4) is 34.3 Å². The van der Waals surface area contributed by atoms with Gasteiger partial charge in [-0.05, 0) is 43.2 Å². The van der Waals surface area contributed by atoms with E-state index >= 15 is 0 Å². The van der Waals surface area contributed by atoms with E-state index in [1.807, 2.05) is 39.8 Å². The van der Waals surface area contributed by atoms with Crippen molar-refractivity contribution in [1.82, 2.24) is 24.6 Å². The molecule has 0 spiro atoms. The number of likely N-dealkylation sites (tertiary alicyclic amines) is 1. The summed E-state index contributed by atoms with van der Waals surface area (Å²) in [6.45, 7) is 2.36. The summed E-state index contributed by atoms with van der Waals surface area (Å²) in [5.41, 5.74) is 3.27. The highest BCUT2D eigenvalue weighted by Gasteiger charge is 2.18. The van der Waals surface area contributed by atoms with Crippen LogP contribution in [0.2, 0.25) is 0 Å². The second-order valence-electron chi connectivity index (χ2n) is 8.68. The molecule has 0 radical (unpaired) electrons. The van der Waals surface area contributed by atoms with Gasteiger partial charge in [-0.15, -0.1) is 0 Å². The summed E-state index contributed by atoms with van der Waals surface area (Å²) in [6.07, 6.45) is 6.90. The Morgan fingerprint density at radius 2 is 1.86 bits per heavy atom. The molecule has 0 unspecified atom stereocenters. The molecule has 0 N–H and O–H groups in total. The molecule has 2 aromatic heterocycles. The maximum Gasteiger partial charge on any atom is 0.262 e. The van der Waals surface area contributed by atoms with Crippen molar-refractivity contribution in [2.24, 2.45) is 0 Å². The number of aryl methyl sites for hydroxylation is 1. The molecule has 1 saturated heterocycles. The minimum Gasteiger partial charge on any atom is -0.497 e. The fourth-order valence-corrected chi connectivity index (χ4v) is 4.50. The minimum absolute atomic E-state index is 0.221. The Morgan fingerprint density at radius 3 is 2.63 bits per heavy atom. The van der Waals surface area contributed by atoms with Gasteiger partial charge in [0.2, 0.25) is 11.7 Å². The van der Waals surface area contributed by atoms with Gasteiger partial charge in [0, 0.05) is 37.7 Å². The lowest BCUT2D eigenvalue weighted by Gasteiger charge is -2.20. The van der Waals surface area contributed by atoms with Crippen molar-refractivity contribution in [3.63, 3.8) is 0 Å². The second kappa shape index (κ2) is 10.2. The van der Waals surface area contributed by atoms with Gasteiger partial charge in [-0.3, -0.25) is 4.79 Å². The molecule has 2 aromatic carbocycles. The van der Waals surface area contributed by atoms with Crippen LogP contribution < -0.4 is 9.47 Å². The topological polar surface area (TPSA) is 95.5 Å². The molecule has 3 heterocycles. The van der Waals surface area contributed by atoms with E-state index in [9.17, 15) is 4.79 Å². The Bertz CT molecular complexity index is 1320. The van der Waals surface area contributed by atoms with E-state index in [4.69, 9.17) is 14.0 Å². The number of aromatic nitrogens is 4. The van der Waals surface area contributed by atoms with Gasteiger partial charge in [0.1, 0.15) is 11.5 Å². The molecule has 9 heteroatoms. The number of hydrogen-bond donors (Lipinski definition) is 0. The van der Waals surface area contributed by atoms with E-state index in [0.717, 1.165) is 42.5 Å². The van der Waals surface area contributed by atoms with Crippen LogP contribution in [0.3, 0.4) is 0 Å². The molecule has 5 rings (SSSR count). The van der Waals surface area contributed by atoms with Crippen LogP contribution in [0.5, 0.6) is 11.5 Å². The molecule has 0 atom stereocenters. The van der Waals surface area contributed by atoms with Crippen LogP contribution in [-0.2, 0) is 11.3 Å². The van der Waals surface area contributed by atoms with Crippen molar-refractivity contribution in [2.75, 3.05) is 27.3 Å². The summed E-state index contributed by atoms with van der Waals surface area (Å²) < 4.78 is 18.3. The third-order valence-corrected chi connectivity index (χ3v) is 6.47. The number of ether oxygens (including phenoxy) is 2. The molecule has 1 fully saturated rings. The number of amides is 1. The Balaban J connectivity index is 1.32. The van der Waals surface area contributed by atoms with Crippen molar-refractivity contribution in [2.45, 2.75) is 38.6 Å². The van der Waals surface area contributed by atoms with Gasteiger partial charge >= 0.3 is 0 Å². The van der Waals surface area contributed by atoms with Crippen LogP contribution in [0.1, 0.15) is 32.1 Å². The van der Waals surface area contributed by atoms with E-state index in [-0.39, 0.29) is 5.91 Å². The SMILES string of the molecule is COc1ccc(-c2nc(-c3ccc4c(c3)ncn4CCC(=O)N3CCCCCC3)no2)c(OC)c1. The zero-order valence-electron chi connectivity index (χ0n) is 20.1. The number of methoxy groups -OCH3 is 2. The summed E-state index contributed by atoms with van der Waals surface area (Å²) in [5.74, 6) is 2.31. The van der Waals surface area contributed by atoms with Crippen molar-refractivity contribution in [1.29, 1.82) is 0 Å². The lowest BCUT2D eigenvalue weighted by molar-refractivity contribution is -0.131. The molecule has 0 aliphatic carbocycles. The third-order valence-electron chi connectivity index (χ3n) is 6.47. The average Bonchev–Trinajstić information content (AvgIpc) is 3.45. The normalized spacial score (nSPS) is 14.2. The van der Waals surface area contributed by atoms with E-state index in [0.29, 0.717) is 41.7 Å². The summed E-state index contributed by atoms with van der Waals surface area (Å²) >= 11 is 0. The zero-order chi connectivity index (χ0) is 24.2. The molecular weight excluding hydrogens is 446 g/mol. The van der Waals surface area contributed by atoms with E-state index in [2.05, 4.69) is 15.1 Å². The number of benzene rings is 2. The summed E-state index contributed by atoms with van der Waals surface area (Å²) in [6, 6.07) is 11.3. The summed E-state index contributed by atoms with van der Waals surface area (Å²) in [7, 11) is 3.19. The quantitative estimate of drug-likeness (QED) is 0.386. The van der Waals surface area contributed by atoms with Gasteiger partial charge in [0.25, 0.3) is 5.89 Å². The van der Waals surface area contributed by atoms with Gasteiger partial charge in [0.05, 0.1) is 37.1 Å². The lowest BCUT2D eigenvalue weighted by Crippen LogP contribution is -2.32. The fraction of sp³-hybridized carbons (Fsp3) is 0.385. The van der Waals surface area contributed by atoms with Crippen LogP contribution in [0.25, 0.3) is 33.9 Å². The zero-order valence-corrected chi connectivity index (χ0v) is 20.1. The van der Waals surface area contributed by atoms with Gasteiger partial charge in [0.15, 0.2) is 0 Å². The number of rotatable bonds is 7. The molecule has 182 valence electrons. The molecule has 1 aliphatic heterocycles. The standard InChI is InChI=1S/C26H29N5O4/c1-33-19-8-9-20(23(16-19)34-2)26-28-25(29-35-26)18-7-10-22-21(15-18)27-17-31(22)14-11-24(32)30-12-5-3-4-6-13-30/h7-10,15-17H,3-6,11-14H2,1-2H3. The average molecular weight is 476 g/mol. The largest absolute Gasteiger partial charge is 0.497 e. The Labute approximate surface area is 203 Å². The maximum atomic E-state index is 12.7. The predicted molar refractivity (Wildman–Crippen MR) is 131 cm³/mol. The summed E-state index contributed by atoms with van der Waals surface area (Å²) in [4.78, 5) is 23.8. The van der Waals surface area contributed by atoms with Crippen LogP contribution in [0, 0.1) is 0 Å².